The van der Waals surface area contributed by atoms with E-state index in [1.165, 1.54) is 0 Å². The van der Waals surface area contributed by atoms with Gasteiger partial charge in [0.2, 0.25) is 5.91 Å². The summed E-state index contributed by atoms with van der Waals surface area (Å²) in [6.07, 6.45) is 0.691. The molecule has 1 atom stereocenters. The molecule has 1 amide bonds. The minimum atomic E-state index is -0.451. The summed E-state index contributed by atoms with van der Waals surface area (Å²) in [5, 5.41) is 2.90. The number of carbonyl (C=O) groups excluding carboxylic acids is 1. The number of rotatable bonds is 9. The fourth-order valence-electron chi connectivity index (χ4n) is 2.80. The van der Waals surface area contributed by atoms with Crippen LogP contribution in [0.1, 0.15) is 25.8 Å². The van der Waals surface area contributed by atoms with Crippen LogP contribution in [-0.2, 0) is 16.1 Å². The van der Waals surface area contributed by atoms with E-state index in [2.05, 4.69) is 24.1 Å². The largest absolute Gasteiger partial charge is 0.492 e. The minimum Gasteiger partial charge on any atom is -0.492 e. The molecule has 2 rings (SSSR count). The molecule has 25 heavy (non-hydrogen) atoms. The summed E-state index contributed by atoms with van der Waals surface area (Å²) < 4.78 is 11.2. The molecule has 1 aromatic carbocycles. The van der Waals surface area contributed by atoms with Crippen molar-refractivity contribution < 1.29 is 14.3 Å². The van der Waals surface area contributed by atoms with Crippen molar-refractivity contribution >= 4 is 5.91 Å². The number of benzene rings is 1. The molecule has 0 bridgehead atoms. The van der Waals surface area contributed by atoms with E-state index in [1.807, 2.05) is 24.3 Å². The third-order valence-corrected chi connectivity index (χ3v) is 4.21. The van der Waals surface area contributed by atoms with Crippen LogP contribution in [0, 0.1) is 5.92 Å². The summed E-state index contributed by atoms with van der Waals surface area (Å²) >= 11 is 0. The van der Waals surface area contributed by atoms with Crippen LogP contribution in [0.2, 0.25) is 0 Å². The molecule has 6 heteroatoms. The normalized spacial score (nSPS) is 16.6. The molecule has 140 valence electrons. The van der Waals surface area contributed by atoms with Gasteiger partial charge in [0.1, 0.15) is 12.4 Å². The maximum absolute atomic E-state index is 12.0. The number of nitrogens with one attached hydrogen (secondary N) is 1. The summed E-state index contributed by atoms with van der Waals surface area (Å²) in [6, 6.07) is 7.37. The monoisotopic (exact) mass is 349 g/mol. The Morgan fingerprint density at radius 3 is 2.84 bits per heavy atom. The molecule has 0 spiro atoms. The van der Waals surface area contributed by atoms with Crippen LogP contribution < -0.4 is 15.8 Å². The predicted octanol–water partition coefficient (Wildman–Crippen LogP) is 1.39. The smallest absolute Gasteiger partial charge is 0.237 e. The van der Waals surface area contributed by atoms with E-state index in [4.69, 9.17) is 15.2 Å². The molecule has 1 saturated heterocycles. The van der Waals surface area contributed by atoms with E-state index in [0.29, 0.717) is 25.5 Å². The van der Waals surface area contributed by atoms with Crippen LogP contribution in [0.4, 0.5) is 0 Å². The molecule has 1 aliphatic rings. The molecule has 0 radical (unpaired) electrons. The van der Waals surface area contributed by atoms with Gasteiger partial charge in [-0.3, -0.25) is 9.69 Å². The summed E-state index contributed by atoms with van der Waals surface area (Å²) in [4.78, 5) is 14.3. The Kier molecular flexibility index (Phi) is 8.18. The number of amides is 1. The van der Waals surface area contributed by atoms with Crippen LogP contribution in [0.15, 0.2) is 24.3 Å². The van der Waals surface area contributed by atoms with Crippen LogP contribution in [0.25, 0.3) is 0 Å². The van der Waals surface area contributed by atoms with Crippen molar-refractivity contribution in [2.75, 3.05) is 39.5 Å². The lowest BCUT2D eigenvalue weighted by atomic mass is 10.0. The van der Waals surface area contributed by atoms with Gasteiger partial charge in [0.05, 0.1) is 19.3 Å². The van der Waals surface area contributed by atoms with Gasteiger partial charge in [-0.25, -0.2) is 0 Å². The van der Waals surface area contributed by atoms with Crippen LogP contribution >= 0.6 is 0 Å². The molecule has 0 saturated carbocycles. The number of ether oxygens (including phenoxy) is 2. The van der Waals surface area contributed by atoms with Crippen molar-refractivity contribution in [3.63, 3.8) is 0 Å². The lowest BCUT2D eigenvalue weighted by Gasteiger charge is -2.26. The molecule has 0 unspecified atom stereocenters. The second-order valence-electron chi connectivity index (χ2n) is 6.90. The number of morpholine rings is 1. The molecule has 1 aliphatic heterocycles. The first kappa shape index (κ1) is 19.7. The number of nitrogens with two attached hydrogens (primary N) is 1. The standard InChI is InChI=1S/C19H31N3O3/c1-15(2)12-18(20)19(23)21-14-16-4-3-5-17(13-16)25-11-8-22-6-9-24-10-7-22/h3-5,13,15,18H,6-12,14,20H2,1-2H3,(H,21,23)/t18-/m0/s1. The topological polar surface area (TPSA) is 76.8 Å². The van der Waals surface area contributed by atoms with Gasteiger partial charge in [0.15, 0.2) is 0 Å². The molecule has 1 heterocycles. The molecule has 1 aromatic rings. The van der Waals surface area contributed by atoms with Gasteiger partial charge in [-0.05, 0) is 30.0 Å². The fraction of sp³-hybridized carbons (Fsp3) is 0.632. The van der Waals surface area contributed by atoms with Crippen molar-refractivity contribution in [2.24, 2.45) is 11.7 Å². The maximum Gasteiger partial charge on any atom is 0.237 e. The Bertz CT molecular complexity index is 530. The molecular formula is C19H31N3O3. The summed E-state index contributed by atoms with van der Waals surface area (Å²) in [5.41, 5.74) is 6.91. The Morgan fingerprint density at radius 2 is 2.12 bits per heavy atom. The van der Waals surface area contributed by atoms with E-state index in [0.717, 1.165) is 44.2 Å². The fourth-order valence-corrected chi connectivity index (χ4v) is 2.80. The number of carbonyl (C=O) groups is 1. The van der Waals surface area contributed by atoms with E-state index in [1.54, 1.807) is 0 Å². The Labute approximate surface area is 150 Å². The average molecular weight is 349 g/mol. The first-order valence-corrected chi connectivity index (χ1v) is 9.09. The minimum absolute atomic E-state index is 0.104. The SMILES string of the molecule is CC(C)C[C@H](N)C(=O)NCc1cccc(OCCN2CCOCC2)c1. The van der Waals surface area contributed by atoms with Gasteiger partial charge in [0.25, 0.3) is 0 Å². The van der Waals surface area contributed by atoms with Gasteiger partial charge in [0, 0.05) is 26.2 Å². The van der Waals surface area contributed by atoms with Crippen LogP contribution in [-0.4, -0.2) is 56.3 Å². The predicted molar refractivity (Wildman–Crippen MR) is 98.5 cm³/mol. The summed E-state index contributed by atoms with van der Waals surface area (Å²) in [6.45, 7) is 9.66. The van der Waals surface area contributed by atoms with Gasteiger partial charge >= 0.3 is 0 Å². The lowest BCUT2D eigenvalue weighted by Crippen LogP contribution is -2.41. The first-order valence-electron chi connectivity index (χ1n) is 9.09. The van der Waals surface area contributed by atoms with E-state index >= 15 is 0 Å². The third kappa shape index (κ3) is 7.42. The maximum atomic E-state index is 12.0. The second kappa shape index (κ2) is 10.4. The first-order chi connectivity index (χ1) is 12.0. The highest BCUT2D eigenvalue weighted by molar-refractivity contribution is 5.81. The van der Waals surface area contributed by atoms with Crippen molar-refractivity contribution in [1.82, 2.24) is 10.2 Å². The van der Waals surface area contributed by atoms with Gasteiger partial charge in [-0.15, -0.1) is 0 Å². The summed E-state index contributed by atoms with van der Waals surface area (Å²) in [7, 11) is 0. The zero-order valence-electron chi connectivity index (χ0n) is 15.4. The van der Waals surface area contributed by atoms with E-state index in [-0.39, 0.29) is 5.91 Å². The van der Waals surface area contributed by atoms with Gasteiger partial charge in [-0.1, -0.05) is 26.0 Å². The highest BCUT2D eigenvalue weighted by atomic mass is 16.5. The Balaban J connectivity index is 1.73. The van der Waals surface area contributed by atoms with Gasteiger partial charge in [-0.2, -0.15) is 0 Å². The van der Waals surface area contributed by atoms with Crippen molar-refractivity contribution in [3.05, 3.63) is 29.8 Å². The quantitative estimate of drug-likeness (QED) is 0.704. The third-order valence-electron chi connectivity index (χ3n) is 4.21. The number of nitrogens with zero attached hydrogens (tertiary/aromatic N) is 1. The molecule has 3 N–H and O–H groups in total. The van der Waals surface area contributed by atoms with Crippen LogP contribution in [0.5, 0.6) is 5.75 Å². The molecule has 6 nitrogen and oxygen atoms in total. The molecule has 1 fully saturated rings. The molecule has 0 aliphatic carbocycles. The Morgan fingerprint density at radius 1 is 1.36 bits per heavy atom. The van der Waals surface area contributed by atoms with Crippen molar-refractivity contribution in [3.8, 4) is 5.75 Å². The molecule has 0 aromatic heterocycles. The highest BCUT2D eigenvalue weighted by Gasteiger charge is 2.14. The lowest BCUT2D eigenvalue weighted by molar-refractivity contribution is -0.122. The second-order valence-corrected chi connectivity index (χ2v) is 6.90. The van der Waals surface area contributed by atoms with Crippen molar-refractivity contribution in [2.45, 2.75) is 32.9 Å². The highest BCUT2D eigenvalue weighted by Crippen LogP contribution is 2.13. The van der Waals surface area contributed by atoms with Gasteiger partial charge < -0.3 is 20.5 Å². The van der Waals surface area contributed by atoms with Crippen molar-refractivity contribution in [1.29, 1.82) is 0 Å². The van der Waals surface area contributed by atoms with E-state index in [9.17, 15) is 4.79 Å². The number of hydrogen-bond donors (Lipinski definition) is 2. The Hall–Kier alpha value is -1.63. The molecular weight excluding hydrogens is 318 g/mol. The van der Waals surface area contributed by atoms with Crippen LogP contribution in [0.3, 0.4) is 0 Å². The van der Waals surface area contributed by atoms with E-state index < -0.39 is 6.04 Å². The average Bonchev–Trinajstić information content (AvgIpc) is 2.60. The number of hydrogen-bond acceptors (Lipinski definition) is 5. The zero-order valence-corrected chi connectivity index (χ0v) is 15.4. The zero-order chi connectivity index (χ0) is 18.1. The summed E-state index contributed by atoms with van der Waals surface area (Å²) in [5.74, 6) is 1.13.